The van der Waals surface area contributed by atoms with Crippen LogP contribution in [0.15, 0.2) is 24.3 Å². The van der Waals surface area contributed by atoms with Gasteiger partial charge in [-0.25, -0.2) is 8.42 Å². The Bertz CT molecular complexity index is 516. The van der Waals surface area contributed by atoms with Gasteiger partial charge in [-0.3, -0.25) is 0 Å². The molecule has 1 fully saturated rings. The van der Waals surface area contributed by atoms with Crippen LogP contribution in [-0.4, -0.2) is 62.5 Å². The summed E-state index contributed by atoms with van der Waals surface area (Å²) in [6.45, 7) is 1.07. The molecule has 1 atom stereocenters. The lowest BCUT2D eigenvalue weighted by molar-refractivity contribution is 0.105. The monoisotopic (exact) mass is 300 g/mol. The zero-order chi connectivity index (χ0) is 14.6. The van der Waals surface area contributed by atoms with E-state index in [2.05, 4.69) is 5.32 Å². The second kappa shape index (κ2) is 6.43. The summed E-state index contributed by atoms with van der Waals surface area (Å²) in [6, 6.07) is 7.60. The van der Waals surface area contributed by atoms with Gasteiger partial charge in [0.2, 0.25) is 0 Å². The van der Waals surface area contributed by atoms with Gasteiger partial charge >= 0.3 is 0 Å². The minimum Gasteiger partial charge on any atom is -0.394 e. The second-order valence-electron chi connectivity index (χ2n) is 4.90. The van der Waals surface area contributed by atoms with Crippen molar-refractivity contribution in [3.63, 3.8) is 0 Å². The van der Waals surface area contributed by atoms with Crippen molar-refractivity contribution in [1.82, 2.24) is 0 Å². The van der Waals surface area contributed by atoms with Gasteiger partial charge in [0.15, 0.2) is 9.84 Å². The van der Waals surface area contributed by atoms with Crippen molar-refractivity contribution >= 4 is 21.2 Å². The molecule has 0 radical (unpaired) electrons. The van der Waals surface area contributed by atoms with Gasteiger partial charge in [-0.15, -0.1) is 0 Å². The van der Waals surface area contributed by atoms with Crippen LogP contribution in [0.2, 0.25) is 0 Å². The number of nitrogens with one attached hydrogen (secondary N) is 1. The number of aliphatic hydroxyl groups excluding tert-OH is 2. The molecule has 1 heterocycles. The van der Waals surface area contributed by atoms with Crippen LogP contribution in [-0.2, 0) is 9.84 Å². The first kappa shape index (κ1) is 15.1. The minimum absolute atomic E-state index is 0.204. The van der Waals surface area contributed by atoms with Crippen molar-refractivity contribution in [2.45, 2.75) is 6.10 Å². The Morgan fingerprint density at radius 2 is 1.80 bits per heavy atom. The Balaban J connectivity index is 1.92. The molecule has 0 spiro atoms. The Morgan fingerprint density at radius 1 is 1.20 bits per heavy atom. The molecular weight excluding hydrogens is 280 g/mol. The lowest BCUT2D eigenvalue weighted by Crippen LogP contribution is -2.40. The smallest absolute Gasteiger partial charge is 0.153 e. The van der Waals surface area contributed by atoms with E-state index < -0.39 is 15.9 Å². The van der Waals surface area contributed by atoms with E-state index in [9.17, 15) is 13.5 Å². The molecule has 1 aliphatic heterocycles. The van der Waals surface area contributed by atoms with Crippen LogP contribution in [0.5, 0.6) is 0 Å². The summed E-state index contributed by atoms with van der Waals surface area (Å²) in [5.74, 6) is 0.408. The predicted molar refractivity (Wildman–Crippen MR) is 78.9 cm³/mol. The normalized spacial score (nSPS) is 19.6. The number of benzene rings is 1. The van der Waals surface area contributed by atoms with Crippen LogP contribution in [0.3, 0.4) is 0 Å². The van der Waals surface area contributed by atoms with Gasteiger partial charge in [0.05, 0.1) is 24.2 Å². The molecular formula is C13H20N2O4S. The number of nitrogens with zero attached hydrogens (tertiary/aromatic N) is 1. The molecule has 1 aromatic carbocycles. The molecule has 0 saturated carbocycles. The summed E-state index contributed by atoms with van der Waals surface area (Å²) in [5.41, 5.74) is 1.85. The lowest BCUT2D eigenvalue weighted by Gasteiger charge is -2.28. The molecule has 0 aliphatic carbocycles. The maximum Gasteiger partial charge on any atom is 0.153 e. The zero-order valence-electron chi connectivity index (χ0n) is 11.2. The predicted octanol–water partition coefficient (Wildman–Crippen LogP) is -0.314. The zero-order valence-corrected chi connectivity index (χ0v) is 12.0. The van der Waals surface area contributed by atoms with Crippen molar-refractivity contribution in [3.8, 4) is 0 Å². The van der Waals surface area contributed by atoms with Crippen molar-refractivity contribution in [3.05, 3.63) is 24.3 Å². The van der Waals surface area contributed by atoms with Crippen LogP contribution in [0.1, 0.15) is 0 Å². The quantitative estimate of drug-likeness (QED) is 0.691. The summed E-state index contributed by atoms with van der Waals surface area (Å²) in [4.78, 5) is 2.05. The van der Waals surface area contributed by atoms with E-state index in [4.69, 9.17) is 5.11 Å². The molecule has 7 heteroatoms. The molecule has 0 amide bonds. The number of hydrogen-bond acceptors (Lipinski definition) is 6. The van der Waals surface area contributed by atoms with E-state index in [1.165, 1.54) is 0 Å². The SMILES string of the molecule is O=S1(=O)CCN(c2ccc(NCC(O)CO)cc2)CC1. The fourth-order valence-electron chi connectivity index (χ4n) is 2.06. The first-order valence-corrected chi connectivity index (χ1v) is 8.40. The van der Waals surface area contributed by atoms with Gasteiger partial charge < -0.3 is 20.4 Å². The molecule has 1 saturated heterocycles. The topological polar surface area (TPSA) is 89.9 Å². The van der Waals surface area contributed by atoms with E-state index in [-0.39, 0.29) is 24.7 Å². The fourth-order valence-corrected chi connectivity index (χ4v) is 3.26. The van der Waals surface area contributed by atoms with Crippen LogP contribution in [0.25, 0.3) is 0 Å². The van der Waals surface area contributed by atoms with Gasteiger partial charge in [-0.2, -0.15) is 0 Å². The Morgan fingerprint density at radius 3 is 2.35 bits per heavy atom. The Hall–Kier alpha value is -1.31. The molecule has 3 N–H and O–H groups in total. The highest BCUT2D eigenvalue weighted by Gasteiger charge is 2.21. The Kier molecular flexibility index (Phi) is 4.85. The summed E-state index contributed by atoms with van der Waals surface area (Å²) in [6.07, 6.45) is -0.776. The van der Waals surface area contributed by atoms with Crippen molar-refractivity contribution in [2.24, 2.45) is 0 Å². The van der Waals surface area contributed by atoms with E-state index >= 15 is 0 Å². The molecule has 1 aliphatic rings. The molecule has 1 aromatic rings. The third kappa shape index (κ3) is 4.09. The van der Waals surface area contributed by atoms with Gasteiger partial charge in [0.25, 0.3) is 0 Å². The lowest BCUT2D eigenvalue weighted by atomic mass is 10.2. The van der Waals surface area contributed by atoms with Crippen molar-refractivity contribution < 1.29 is 18.6 Å². The van der Waals surface area contributed by atoms with E-state index in [1.807, 2.05) is 29.2 Å². The molecule has 0 bridgehead atoms. The number of aliphatic hydroxyl groups is 2. The fraction of sp³-hybridized carbons (Fsp3) is 0.538. The standard InChI is InChI=1S/C13H20N2O4S/c16-10-13(17)9-14-11-1-3-12(4-2-11)15-5-7-20(18,19)8-6-15/h1-4,13-14,16-17H,5-10H2. The third-order valence-electron chi connectivity index (χ3n) is 3.33. The maximum atomic E-state index is 11.4. The highest BCUT2D eigenvalue weighted by Crippen LogP contribution is 2.20. The number of hydrogen-bond donors (Lipinski definition) is 3. The molecule has 1 unspecified atom stereocenters. The van der Waals surface area contributed by atoms with E-state index in [0.717, 1.165) is 11.4 Å². The van der Waals surface area contributed by atoms with E-state index in [0.29, 0.717) is 13.1 Å². The number of rotatable bonds is 5. The molecule has 20 heavy (non-hydrogen) atoms. The maximum absolute atomic E-state index is 11.4. The van der Waals surface area contributed by atoms with Crippen molar-refractivity contribution in [1.29, 1.82) is 0 Å². The van der Waals surface area contributed by atoms with Gasteiger partial charge in [0, 0.05) is 31.0 Å². The summed E-state index contributed by atoms with van der Waals surface area (Å²) >= 11 is 0. The van der Waals surface area contributed by atoms with Crippen LogP contribution in [0, 0.1) is 0 Å². The van der Waals surface area contributed by atoms with Gasteiger partial charge in [0.1, 0.15) is 0 Å². The van der Waals surface area contributed by atoms with Crippen LogP contribution < -0.4 is 10.2 Å². The average molecular weight is 300 g/mol. The molecule has 2 rings (SSSR count). The molecule has 112 valence electrons. The largest absolute Gasteiger partial charge is 0.394 e. The minimum atomic E-state index is -2.86. The first-order valence-electron chi connectivity index (χ1n) is 6.58. The van der Waals surface area contributed by atoms with Crippen molar-refractivity contribution in [2.75, 3.05) is 48.0 Å². The average Bonchev–Trinajstić information content (AvgIpc) is 2.45. The highest BCUT2D eigenvalue weighted by molar-refractivity contribution is 7.91. The number of sulfone groups is 1. The van der Waals surface area contributed by atoms with Gasteiger partial charge in [-0.05, 0) is 24.3 Å². The second-order valence-corrected chi connectivity index (χ2v) is 7.21. The molecule has 6 nitrogen and oxygen atoms in total. The van der Waals surface area contributed by atoms with E-state index in [1.54, 1.807) is 0 Å². The van der Waals surface area contributed by atoms with Crippen LogP contribution in [0.4, 0.5) is 11.4 Å². The Labute approximate surface area is 119 Å². The first-order chi connectivity index (χ1) is 9.50. The third-order valence-corrected chi connectivity index (χ3v) is 4.94. The summed E-state index contributed by atoms with van der Waals surface area (Å²) in [7, 11) is -2.86. The molecule has 0 aromatic heterocycles. The van der Waals surface area contributed by atoms with Crippen LogP contribution >= 0.6 is 0 Å². The van der Waals surface area contributed by atoms with Gasteiger partial charge in [-0.1, -0.05) is 0 Å². The summed E-state index contributed by atoms with van der Waals surface area (Å²) in [5, 5.41) is 21.0. The summed E-state index contributed by atoms with van der Waals surface area (Å²) < 4.78 is 22.8. The highest BCUT2D eigenvalue weighted by atomic mass is 32.2. The number of anilines is 2.